The summed E-state index contributed by atoms with van der Waals surface area (Å²) < 4.78 is 0. The standard InChI is InChI=1S/C19H25N7O/c1-23-5-7-24(8-6-23)17-13-18(22-15-21-17)25-9-11-26(12-10-25)19(27)16-3-2-4-20-14-16/h2-4,13-15H,5-12H2,1H3. The van der Waals surface area contributed by atoms with Gasteiger partial charge in [0.2, 0.25) is 0 Å². The first-order valence-electron chi connectivity index (χ1n) is 9.40. The highest BCUT2D eigenvalue weighted by molar-refractivity contribution is 5.94. The zero-order chi connectivity index (χ0) is 18.6. The number of carbonyl (C=O) groups is 1. The molecule has 0 bridgehead atoms. The fourth-order valence-corrected chi connectivity index (χ4v) is 3.53. The van der Waals surface area contributed by atoms with Crippen molar-refractivity contribution in [3.05, 3.63) is 42.5 Å². The Labute approximate surface area is 159 Å². The predicted octanol–water partition coefficient (Wildman–Crippen LogP) is 0.586. The molecule has 142 valence electrons. The van der Waals surface area contributed by atoms with Crippen molar-refractivity contribution in [2.24, 2.45) is 0 Å². The number of pyridine rings is 1. The van der Waals surface area contributed by atoms with Crippen LogP contribution >= 0.6 is 0 Å². The van der Waals surface area contributed by atoms with Crippen LogP contribution in [0.2, 0.25) is 0 Å². The number of hydrogen-bond acceptors (Lipinski definition) is 7. The SMILES string of the molecule is CN1CCN(c2cc(N3CCN(C(=O)c4cccnc4)CC3)ncn2)CC1. The summed E-state index contributed by atoms with van der Waals surface area (Å²) in [6.07, 6.45) is 4.96. The van der Waals surface area contributed by atoms with Crippen LogP contribution in [0, 0.1) is 0 Å². The molecule has 2 aromatic rings. The Morgan fingerprint density at radius 1 is 0.926 bits per heavy atom. The van der Waals surface area contributed by atoms with Crippen molar-refractivity contribution in [2.45, 2.75) is 0 Å². The van der Waals surface area contributed by atoms with Crippen LogP contribution in [0.15, 0.2) is 36.9 Å². The first kappa shape index (κ1) is 17.7. The number of hydrogen-bond donors (Lipinski definition) is 0. The number of anilines is 2. The van der Waals surface area contributed by atoms with Gasteiger partial charge in [0.05, 0.1) is 5.56 Å². The molecule has 0 spiro atoms. The Balaban J connectivity index is 1.38. The average molecular weight is 367 g/mol. The Bertz CT molecular complexity index is 769. The van der Waals surface area contributed by atoms with E-state index in [1.807, 2.05) is 11.0 Å². The topological polar surface area (TPSA) is 68.7 Å². The summed E-state index contributed by atoms with van der Waals surface area (Å²) in [5.74, 6) is 1.97. The molecule has 0 unspecified atom stereocenters. The van der Waals surface area contributed by atoms with E-state index < -0.39 is 0 Å². The molecule has 4 heterocycles. The number of carbonyl (C=O) groups excluding carboxylic acids is 1. The molecule has 2 aliphatic heterocycles. The maximum absolute atomic E-state index is 12.6. The first-order chi connectivity index (χ1) is 13.2. The molecular formula is C19H25N7O. The zero-order valence-corrected chi connectivity index (χ0v) is 15.7. The van der Waals surface area contributed by atoms with Gasteiger partial charge in [-0.05, 0) is 19.2 Å². The minimum absolute atomic E-state index is 0.0450. The molecule has 0 N–H and O–H groups in total. The van der Waals surface area contributed by atoms with Gasteiger partial charge in [0.1, 0.15) is 18.0 Å². The van der Waals surface area contributed by atoms with E-state index in [0.717, 1.165) is 50.9 Å². The lowest BCUT2D eigenvalue weighted by molar-refractivity contribution is 0.0746. The van der Waals surface area contributed by atoms with E-state index in [1.54, 1.807) is 24.8 Å². The lowest BCUT2D eigenvalue weighted by Crippen LogP contribution is -2.49. The number of rotatable bonds is 3. The van der Waals surface area contributed by atoms with Gasteiger partial charge in [0.15, 0.2) is 0 Å². The molecule has 4 rings (SSSR count). The van der Waals surface area contributed by atoms with Crippen LogP contribution in [0.5, 0.6) is 0 Å². The molecule has 27 heavy (non-hydrogen) atoms. The number of nitrogens with zero attached hydrogens (tertiary/aromatic N) is 7. The van der Waals surface area contributed by atoms with E-state index in [4.69, 9.17) is 0 Å². The molecule has 8 nitrogen and oxygen atoms in total. The fraction of sp³-hybridized carbons (Fsp3) is 0.474. The lowest BCUT2D eigenvalue weighted by Gasteiger charge is -2.36. The molecule has 0 aromatic carbocycles. The second-order valence-corrected chi connectivity index (χ2v) is 7.05. The molecule has 2 aromatic heterocycles. The van der Waals surface area contributed by atoms with Crippen molar-refractivity contribution in [1.82, 2.24) is 24.8 Å². The van der Waals surface area contributed by atoms with Gasteiger partial charge in [0.25, 0.3) is 5.91 Å². The second-order valence-electron chi connectivity index (χ2n) is 7.05. The third-order valence-electron chi connectivity index (χ3n) is 5.26. The normalized spacial score (nSPS) is 18.6. The van der Waals surface area contributed by atoms with E-state index in [-0.39, 0.29) is 5.91 Å². The average Bonchev–Trinajstić information content (AvgIpc) is 2.75. The van der Waals surface area contributed by atoms with Crippen molar-refractivity contribution in [3.8, 4) is 0 Å². The van der Waals surface area contributed by atoms with Crippen LogP contribution in [-0.2, 0) is 0 Å². The minimum Gasteiger partial charge on any atom is -0.354 e. The quantitative estimate of drug-likeness (QED) is 0.786. The van der Waals surface area contributed by atoms with E-state index in [1.165, 1.54) is 0 Å². The molecule has 0 saturated carbocycles. The van der Waals surface area contributed by atoms with Crippen LogP contribution in [0.25, 0.3) is 0 Å². The number of aromatic nitrogens is 3. The number of piperazine rings is 2. The van der Waals surface area contributed by atoms with Gasteiger partial charge >= 0.3 is 0 Å². The highest BCUT2D eigenvalue weighted by atomic mass is 16.2. The van der Waals surface area contributed by atoms with Gasteiger partial charge < -0.3 is 19.6 Å². The predicted molar refractivity (Wildman–Crippen MR) is 104 cm³/mol. The van der Waals surface area contributed by atoms with Crippen molar-refractivity contribution < 1.29 is 4.79 Å². The van der Waals surface area contributed by atoms with Gasteiger partial charge in [-0.1, -0.05) is 0 Å². The first-order valence-corrected chi connectivity index (χ1v) is 9.40. The van der Waals surface area contributed by atoms with Crippen LogP contribution in [0.1, 0.15) is 10.4 Å². The van der Waals surface area contributed by atoms with E-state index in [2.05, 4.69) is 42.8 Å². The molecule has 0 aliphatic carbocycles. The highest BCUT2D eigenvalue weighted by Crippen LogP contribution is 2.20. The van der Waals surface area contributed by atoms with E-state index in [9.17, 15) is 4.79 Å². The molecule has 0 radical (unpaired) electrons. The van der Waals surface area contributed by atoms with Crippen LogP contribution in [-0.4, -0.2) is 90.1 Å². The molecule has 1 amide bonds. The summed E-state index contributed by atoms with van der Waals surface area (Å²) in [6.45, 7) is 6.98. The molecule has 2 saturated heterocycles. The molecule has 2 aliphatic rings. The summed E-state index contributed by atoms with van der Waals surface area (Å²) in [5, 5.41) is 0. The summed E-state index contributed by atoms with van der Waals surface area (Å²) in [5.41, 5.74) is 0.644. The van der Waals surface area contributed by atoms with Gasteiger partial charge in [0, 0.05) is 70.8 Å². The smallest absolute Gasteiger partial charge is 0.255 e. The van der Waals surface area contributed by atoms with Crippen molar-refractivity contribution in [1.29, 1.82) is 0 Å². The monoisotopic (exact) mass is 367 g/mol. The Hall–Kier alpha value is -2.74. The zero-order valence-electron chi connectivity index (χ0n) is 15.7. The van der Waals surface area contributed by atoms with Crippen molar-refractivity contribution in [2.75, 3.05) is 69.2 Å². The number of likely N-dealkylation sites (N-methyl/N-ethyl adjacent to an activating group) is 1. The van der Waals surface area contributed by atoms with Crippen LogP contribution < -0.4 is 9.80 Å². The van der Waals surface area contributed by atoms with Crippen molar-refractivity contribution >= 4 is 17.5 Å². The lowest BCUT2D eigenvalue weighted by atomic mass is 10.2. The third-order valence-corrected chi connectivity index (χ3v) is 5.26. The van der Waals surface area contributed by atoms with Gasteiger partial charge in [-0.2, -0.15) is 0 Å². The maximum Gasteiger partial charge on any atom is 0.255 e. The summed E-state index contributed by atoms with van der Waals surface area (Å²) >= 11 is 0. The molecule has 0 atom stereocenters. The largest absolute Gasteiger partial charge is 0.354 e. The summed E-state index contributed by atoms with van der Waals surface area (Å²) in [6, 6.07) is 5.68. The Morgan fingerprint density at radius 2 is 1.56 bits per heavy atom. The van der Waals surface area contributed by atoms with E-state index >= 15 is 0 Å². The van der Waals surface area contributed by atoms with Crippen LogP contribution in [0.3, 0.4) is 0 Å². The summed E-state index contributed by atoms with van der Waals surface area (Å²) in [4.78, 5) is 34.3. The van der Waals surface area contributed by atoms with Gasteiger partial charge in [-0.25, -0.2) is 9.97 Å². The number of amides is 1. The molecule has 2 fully saturated rings. The summed E-state index contributed by atoms with van der Waals surface area (Å²) in [7, 11) is 2.15. The molecular weight excluding hydrogens is 342 g/mol. The fourth-order valence-electron chi connectivity index (χ4n) is 3.53. The Morgan fingerprint density at radius 3 is 2.15 bits per heavy atom. The van der Waals surface area contributed by atoms with Crippen molar-refractivity contribution in [3.63, 3.8) is 0 Å². The highest BCUT2D eigenvalue weighted by Gasteiger charge is 2.24. The van der Waals surface area contributed by atoms with Gasteiger partial charge in [-0.3, -0.25) is 9.78 Å². The third kappa shape index (κ3) is 4.00. The maximum atomic E-state index is 12.6. The second kappa shape index (κ2) is 7.87. The minimum atomic E-state index is 0.0450. The van der Waals surface area contributed by atoms with E-state index in [0.29, 0.717) is 18.7 Å². The van der Waals surface area contributed by atoms with Crippen LogP contribution in [0.4, 0.5) is 11.6 Å². The Kier molecular flexibility index (Phi) is 5.15. The molecule has 8 heteroatoms. The van der Waals surface area contributed by atoms with Gasteiger partial charge in [-0.15, -0.1) is 0 Å².